The van der Waals surface area contributed by atoms with Gasteiger partial charge in [-0.3, -0.25) is 4.79 Å². The van der Waals surface area contributed by atoms with Gasteiger partial charge in [0.2, 0.25) is 5.91 Å². The Bertz CT molecular complexity index is 1200. The Morgan fingerprint density at radius 3 is 1.25 bits per heavy atom. The normalized spacial score (nSPS) is 20.3. The quantitative estimate of drug-likeness (QED) is 0.0215. The molecule has 0 saturated carbocycles. The van der Waals surface area contributed by atoms with E-state index >= 15 is 0 Å². The summed E-state index contributed by atoms with van der Waals surface area (Å²) in [6, 6.07) is -1.19. The lowest BCUT2D eigenvalue weighted by atomic mass is 9.98. The largest absolute Gasteiger partial charge is 0.394 e. The highest BCUT2D eigenvalue weighted by Crippen LogP contribution is 2.23. The third-order valence-electron chi connectivity index (χ3n) is 14.7. The molecule has 420 valence electrons. The molecule has 0 aromatic rings. The molecule has 1 aliphatic heterocycles. The predicted octanol–water partition coefficient (Wildman–Crippen LogP) is 12.9. The van der Waals surface area contributed by atoms with Crippen LogP contribution in [0, 0.1) is 0 Å². The molecule has 1 aliphatic rings. The van der Waals surface area contributed by atoms with E-state index < -0.39 is 74.2 Å². The van der Waals surface area contributed by atoms with Crippen LogP contribution in [0.3, 0.4) is 0 Å². The molecule has 0 radical (unpaired) electrons. The number of unbranched alkanes of at least 4 members (excludes halogenated alkanes) is 36. The second-order valence-electron chi connectivity index (χ2n) is 21.4. The number of amides is 1. The predicted molar refractivity (Wildman–Crippen MR) is 293 cm³/mol. The number of allylic oxidation sites excluding steroid dienone is 4. The van der Waals surface area contributed by atoms with E-state index in [2.05, 4.69) is 43.5 Å². The van der Waals surface area contributed by atoms with Gasteiger partial charge in [0.25, 0.3) is 0 Å². The zero-order valence-electron chi connectivity index (χ0n) is 46.0. The number of aliphatic hydroxyl groups is 7. The first-order valence-corrected chi connectivity index (χ1v) is 30.2. The first kappa shape index (κ1) is 67.6. The van der Waals surface area contributed by atoms with Crippen molar-refractivity contribution in [3.63, 3.8) is 0 Å². The summed E-state index contributed by atoms with van der Waals surface area (Å²) in [7, 11) is 0. The molecule has 8 N–H and O–H groups in total. The fraction of sp³-hybridized carbons (Fsp3) is 0.917. The third-order valence-corrected chi connectivity index (χ3v) is 14.7. The van der Waals surface area contributed by atoms with Crippen molar-refractivity contribution in [2.75, 3.05) is 13.2 Å². The number of carbonyl (C=O) groups is 1. The summed E-state index contributed by atoms with van der Waals surface area (Å²) >= 11 is 0. The Morgan fingerprint density at radius 2 is 0.845 bits per heavy atom. The lowest BCUT2D eigenvalue weighted by Gasteiger charge is -2.40. The Labute approximate surface area is 435 Å². The van der Waals surface area contributed by atoms with Gasteiger partial charge in [-0.1, -0.05) is 256 Å². The summed E-state index contributed by atoms with van der Waals surface area (Å²) in [5.74, 6) is -0.705. The molecule has 9 atom stereocenters. The monoisotopic (exact) mass is 1010 g/mol. The van der Waals surface area contributed by atoms with Crippen LogP contribution in [-0.4, -0.2) is 110 Å². The summed E-state index contributed by atoms with van der Waals surface area (Å²) in [5, 5.41) is 76.2. The van der Waals surface area contributed by atoms with Crippen LogP contribution < -0.4 is 5.32 Å². The van der Waals surface area contributed by atoms with Gasteiger partial charge in [0.15, 0.2) is 6.29 Å². The fourth-order valence-corrected chi connectivity index (χ4v) is 9.81. The fourth-order valence-electron chi connectivity index (χ4n) is 9.81. The molecule has 0 aliphatic carbocycles. The molecule has 9 unspecified atom stereocenters. The molecule has 71 heavy (non-hydrogen) atoms. The maximum atomic E-state index is 13.2. The van der Waals surface area contributed by atoms with Crippen LogP contribution >= 0.6 is 0 Å². The molecule has 1 fully saturated rings. The van der Waals surface area contributed by atoms with Gasteiger partial charge in [-0.25, -0.2) is 0 Å². The van der Waals surface area contributed by atoms with Crippen LogP contribution in [0.4, 0.5) is 0 Å². The van der Waals surface area contributed by atoms with Gasteiger partial charge in [0.1, 0.15) is 36.6 Å². The maximum absolute atomic E-state index is 13.2. The van der Waals surface area contributed by atoms with Crippen LogP contribution in [0.5, 0.6) is 0 Å². The van der Waals surface area contributed by atoms with Crippen molar-refractivity contribution in [3.05, 3.63) is 24.3 Å². The van der Waals surface area contributed by atoms with Crippen molar-refractivity contribution in [1.29, 1.82) is 0 Å². The van der Waals surface area contributed by atoms with Crippen LogP contribution in [-0.2, 0) is 14.3 Å². The third kappa shape index (κ3) is 37.9. The van der Waals surface area contributed by atoms with E-state index in [1.54, 1.807) is 0 Å². The summed E-state index contributed by atoms with van der Waals surface area (Å²) in [6.07, 6.45) is 48.1. The molecule has 1 rings (SSSR count). The lowest BCUT2D eigenvalue weighted by molar-refractivity contribution is -0.303. The highest BCUT2D eigenvalue weighted by Gasteiger charge is 2.44. The van der Waals surface area contributed by atoms with Crippen LogP contribution in [0.15, 0.2) is 24.3 Å². The second-order valence-corrected chi connectivity index (χ2v) is 21.4. The topological polar surface area (TPSA) is 189 Å². The number of hydrogen-bond acceptors (Lipinski definition) is 10. The molecule has 11 heteroatoms. The van der Waals surface area contributed by atoms with Crippen LogP contribution in [0.25, 0.3) is 0 Å². The van der Waals surface area contributed by atoms with Crippen molar-refractivity contribution >= 4 is 5.91 Å². The molecule has 1 saturated heterocycles. The number of ether oxygens (including phenoxy) is 2. The number of hydrogen-bond donors (Lipinski definition) is 8. The van der Waals surface area contributed by atoms with E-state index in [0.29, 0.717) is 19.3 Å². The van der Waals surface area contributed by atoms with Gasteiger partial charge in [-0.2, -0.15) is 0 Å². The summed E-state index contributed by atoms with van der Waals surface area (Å²) in [5.41, 5.74) is 0. The molecule has 1 amide bonds. The Hall–Kier alpha value is -1.41. The van der Waals surface area contributed by atoms with Gasteiger partial charge >= 0.3 is 0 Å². The zero-order valence-corrected chi connectivity index (χ0v) is 46.0. The second kappa shape index (κ2) is 49.5. The molecule has 0 aromatic carbocycles. The minimum absolute atomic E-state index is 0.249. The van der Waals surface area contributed by atoms with E-state index in [1.807, 2.05) is 0 Å². The summed E-state index contributed by atoms with van der Waals surface area (Å²) in [6.45, 7) is 3.47. The average molecular weight is 1010 g/mol. The number of carbonyl (C=O) groups excluding carboxylic acids is 1. The lowest BCUT2D eigenvalue weighted by Crippen LogP contribution is -2.60. The van der Waals surface area contributed by atoms with Crippen LogP contribution in [0.2, 0.25) is 0 Å². The van der Waals surface area contributed by atoms with Crippen molar-refractivity contribution in [2.24, 2.45) is 0 Å². The maximum Gasteiger partial charge on any atom is 0.249 e. The van der Waals surface area contributed by atoms with Gasteiger partial charge in [0.05, 0.1) is 25.4 Å². The molecular weight excluding hydrogens is 895 g/mol. The van der Waals surface area contributed by atoms with Crippen molar-refractivity contribution < 1.29 is 50.0 Å². The molecule has 0 aromatic heterocycles. The summed E-state index contributed by atoms with van der Waals surface area (Å²) < 4.78 is 11.1. The minimum atomic E-state index is -1.67. The number of nitrogens with one attached hydrogen (secondary N) is 1. The average Bonchev–Trinajstić information content (AvgIpc) is 3.37. The molecular formula is C60H115NO10. The van der Waals surface area contributed by atoms with Crippen molar-refractivity contribution in [2.45, 2.75) is 339 Å². The highest BCUT2D eigenvalue weighted by atomic mass is 16.7. The number of rotatable bonds is 52. The summed E-state index contributed by atoms with van der Waals surface area (Å²) in [4.78, 5) is 13.2. The van der Waals surface area contributed by atoms with E-state index in [4.69, 9.17) is 9.47 Å². The molecule has 11 nitrogen and oxygen atoms in total. The zero-order chi connectivity index (χ0) is 51.8. The van der Waals surface area contributed by atoms with Gasteiger partial charge in [-0.15, -0.1) is 0 Å². The Balaban J connectivity index is 2.31. The van der Waals surface area contributed by atoms with E-state index in [0.717, 1.165) is 38.5 Å². The van der Waals surface area contributed by atoms with E-state index in [1.165, 1.54) is 199 Å². The number of aliphatic hydroxyl groups excluding tert-OH is 7. The first-order chi connectivity index (χ1) is 34.7. The molecule has 0 spiro atoms. The van der Waals surface area contributed by atoms with Gasteiger partial charge in [-0.05, 0) is 51.4 Å². The van der Waals surface area contributed by atoms with Crippen LogP contribution in [0.1, 0.15) is 284 Å². The van der Waals surface area contributed by atoms with Crippen molar-refractivity contribution in [3.8, 4) is 0 Å². The SMILES string of the molecule is CCCCCCCCCCCCCC/C=C/CC/C=C/CCCC(O)C(O)C(COC1OC(CO)C(O)C(O)C1O)NC(=O)C(O)CCCCCCCCCCCCCCCCCCCCCCCCC. The first-order valence-electron chi connectivity index (χ1n) is 30.2. The van der Waals surface area contributed by atoms with Gasteiger partial charge < -0.3 is 50.5 Å². The van der Waals surface area contributed by atoms with E-state index in [-0.39, 0.29) is 12.8 Å². The van der Waals surface area contributed by atoms with Gasteiger partial charge in [0, 0.05) is 0 Å². The Morgan fingerprint density at radius 1 is 0.479 bits per heavy atom. The highest BCUT2D eigenvalue weighted by molar-refractivity contribution is 5.80. The molecule has 0 bridgehead atoms. The van der Waals surface area contributed by atoms with E-state index in [9.17, 15) is 40.5 Å². The smallest absolute Gasteiger partial charge is 0.249 e. The van der Waals surface area contributed by atoms with Crippen molar-refractivity contribution in [1.82, 2.24) is 5.32 Å². The Kier molecular flexibility index (Phi) is 47.1. The molecule has 1 heterocycles. The standard InChI is InChI=1S/C60H115NO10/c1-3-5-7-9-11-13-15-17-19-21-23-25-26-28-30-32-34-36-38-40-42-44-46-48-53(64)59(69)61-51(50-70-60-58(68)57(67)56(66)54(49-62)71-60)55(65)52(63)47-45-43-41-39-37-35-33-31-29-27-24-22-20-18-16-14-12-10-8-6-4-2/h31,33,39,41,51-58,60,62-68H,3-30,32,34-38,40,42-50H2,1-2H3,(H,61,69)/b33-31+,41-39+. The minimum Gasteiger partial charge on any atom is -0.394 e.